The number of ether oxygens (including phenoxy) is 1. The van der Waals surface area contributed by atoms with Gasteiger partial charge < -0.3 is 15.0 Å². The monoisotopic (exact) mass is 326 g/mol. The third-order valence-electron chi connectivity index (χ3n) is 2.64. The van der Waals surface area contributed by atoms with Crippen molar-refractivity contribution in [1.29, 1.82) is 0 Å². The Labute approximate surface area is 122 Å². The summed E-state index contributed by atoms with van der Waals surface area (Å²) in [4.78, 5) is 13.6. The van der Waals surface area contributed by atoms with E-state index in [1.54, 1.807) is 25.1 Å². The maximum absolute atomic E-state index is 11.9. The molecule has 0 saturated carbocycles. The Morgan fingerprint density at radius 2 is 2.32 bits per heavy atom. The molecule has 4 nitrogen and oxygen atoms in total. The standard InChI is InChI=1S/C14H19BrN2O2/c1-4-7-16-9-14(18)17(2)10-11-8-12(15)5-6-13(11)19-3/h4-6,8,16H,1,7,9-10H2,2-3H3. The van der Waals surface area contributed by atoms with E-state index in [4.69, 9.17) is 4.74 Å². The Hall–Kier alpha value is -1.33. The van der Waals surface area contributed by atoms with Crippen LogP contribution in [0.25, 0.3) is 0 Å². The van der Waals surface area contributed by atoms with Crippen molar-refractivity contribution in [3.05, 3.63) is 40.9 Å². The molecule has 1 N–H and O–H groups in total. The molecule has 0 spiro atoms. The van der Waals surface area contributed by atoms with Crippen LogP contribution in [-0.4, -0.2) is 38.1 Å². The van der Waals surface area contributed by atoms with Crippen LogP contribution in [0.2, 0.25) is 0 Å². The van der Waals surface area contributed by atoms with Crippen molar-refractivity contribution in [3.8, 4) is 5.75 Å². The predicted molar refractivity (Wildman–Crippen MR) is 80.2 cm³/mol. The van der Waals surface area contributed by atoms with Crippen LogP contribution in [0.4, 0.5) is 0 Å². The number of nitrogens with zero attached hydrogens (tertiary/aromatic N) is 1. The number of methoxy groups -OCH3 is 1. The zero-order chi connectivity index (χ0) is 14.3. The highest BCUT2D eigenvalue weighted by atomic mass is 79.9. The van der Waals surface area contributed by atoms with Crippen molar-refractivity contribution in [2.75, 3.05) is 27.2 Å². The van der Waals surface area contributed by atoms with Gasteiger partial charge >= 0.3 is 0 Å². The van der Waals surface area contributed by atoms with Crippen LogP contribution in [0, 0.1) is 0 Å². The van der Waals surface area contributed by atoms with E-state index in [0.717, 1.165) is 15.8 Å². The van der Waals surface area contributed by atoms with E-state index in [1.807, 2.05) is 18.2 Å². The van der Waals surface area contributed by atoms with Crippen molar-refractivity contribution in [2.24, 2.45) is 0 Å². The summed E-state index contributed by atoms with van der Waals surface area (Å²) in [5.41, 5.74) is 0.969. The van der Waals surface area contributed by atoms with Crippen LogP contribution >= 0.6 is 15.9 Å². The van der Waals surface area contributed by atoms with Gasteiger partial charge in [-0.05, 0) is 18.2 Å². The van der Waals surface area contributed by atoms with Gasteiger partial charge in [-0.15, -0.1) is 6.58 Å². The average molecular weight is 327 g/mol. The Bertz CT molecular complexity index is 449. The summed E-state index contributed by atoms with van der Waals surface area (Å²) in [6.45, 7) is 5.03. The van der Waals surface area contributed by atoms with E-state index in [9.17, 15) is 4.79 Å². The minimum absolute atomic E-state index is 0.0314. The number of hydrogen-bond acceptors (Lipinski definition) is 3. The molecule has 0 aliphatic rings. The third kappa shape index (κ3) is 5.04. The number of carbonyl (C=O) groups excluding carboxylic acids is 1. The molecule has 0 bridgehead atoms. The SMILES string of the molecule is C=CCNCC(=O)N(C)Cc1cc(Br)ccc1OC. The number of carbonyl (C=O) groups is 1. The van der Waals surface area contributed by atoms with Gasteiger partial charge in [0.05, 0.1) is 13.7 Å². The van der Waals surface area contributed by atoms with Crippen LogP contribution < -0.4 is 10.1 Å². The molecular formula is C14H19BrN2O2. The largest absolute Gasteiger partial charge is 0.496 e. The van der Waals surface area contributed by atoms with Gasteiger partial charge in [0.2, 0.25) is 5.91 Å². The Morgan fingerprint density at radius 1 is 1.58 bits per heavy atom. The molecule has 0 aromatic heterocycles. The molecule has 0 radical (unpaired) electrons. The lowest BCUT2D eigenvalue weighted by Gasteiger charge is -2.19. The summed E-state index contributed by atoms with van der Waals surface area (Å²) < 4.78 is 6.26. The highest BCUT2D eigenvalue weighted by Crippen LogP contribution is 2.23. The quantitative estimate of drug-likeness (QED) is 0.617. The van der Waals surface area contributed by atoms with Gasteiger partial charge in [-0.2, -0.15) is 0 Å². The van der Waals surface area contributed by atoms with Crippen LogP contribution in [0.5, 0.6) is 5.75 Å². The molecule has 1 amide bonds. The van der Waals surface area contributed by atoms with E-state index in [-0.39, 0.29) is 5.91 Å². The number of likely N-dealkylation sites (N-methyl/N-ethyl adjacent to an activating group) is 1. The number of amides is 1. The van der Waals surface area contributed by atoms with Crippen LogP contribution in [0.15, 0.2) is 35.3 Å². The van der Waals surface area contributed by atoms with Crippen molar-refractivity contribution in [1.82, 2.24) is 10.2 Å². The lowest BCUT2D eigenvalue weighted by Crippen LogP contribution is -2.35. The van der Waals surface area contributed by atoms with Crippen LogP contribution in [-0.2, 0) is 11.3 Å². The van der Waals surface area contributed by atoms with E-state index >= 15 is 0 Å². The zero-order valence-electron chi connectivity index (χ0n) is 11.3. The lowest BCUT2D eigenvalue weighted by atomic mass is 10.2. The molecular weight excluding hydrogens is 308 g/mol. The summed E-state index contributed by atoms with van der Waals surface area (Å²) in [6.07, 6.45) is 1.73. The first-order valence-corrected chi connectivity index (χ1v) is 6.75. The highest BCUT2D eigenvalue weighted by Gasteiger charge is 2.11. The summed E-state index contributed by atoms with van der Waals surface area (Å²) in [7, 11) is 3.40. The van der Waals surface area contributed by atoms with Crippen LogP contribution in [0.1, 0.15) is 5.56 Å². The second-order valence-electron chi connectivity index (χ2n) is 4.13. The van der Waals surface area contributed by atoms with Gasteiger partial charge in [0.25, 0.3) is 0 Å². The van der Waals surface area contributed by atoms with E-state index in [2.05, 4.69) is 27.8 Å². The molecule has 104 valence electrons. The maximum atomic E-state index is 11.9. The minimum Gasteiger partial charge on any atom is -0.496 e. The highest BCUT2D eigenvalue weighted by molar-refractivity contribution is 9.10. The molecule has 0 heterocycles. The molecule has 1 rings (SSSR count). The molecule has 0 unspecified atom stereocenters. The fraction of sp³-hybridized carbons (Fsp3) is 0.357. The van der Waals surface area contributed by atoms with Gasteiger partial charge in [-0.25, -0.2) is 0 Å². The van der Waals surface area contributed by atoms with Crippen LogP contribution in [0.3, 0.4) is 0 Å². The number of benzene rings is 1. The molecule has 0 aliphatic carbocycles. The van der Waals surface area contributed by atoms with Gasteiger partial charge in [0.15, 0.2) is 0 Å². The minimum atomic E-state index is 0.0314. The lowest BCUT2D eigenvalue weighted by molar-refractivity contribution is -0.129. The number of halogens is 1. The molecule has 19 heavy (non-hydrogen) atoms. The Morgan fingerprint density at radius 3 is 2.95 bits per heavy atom. The average Bonchev–Trinajstić information content (AvgIpc) is 2.39. The van der Waals surface area contributed by atoms with Crippen molar-refractivity contribution in [2.45, 2.75) is 6.54 Å². The number of nitrogens with one attached hydrogen (secondary N) is 1. The van der Waals surface area contributed by atoms with E-state index < -0.39 is 0 Å². The first kappa shape index (κ1) is 15.7. The van der Waals surface area contributed by atoms with Gasteiger partial charge in [0, 0.05) is 30.2 Å². The summed E-state index contributed by atoms with van der Waals surface area (Å²) in [5.74, 6) is 0.811. The van der Waals surface area contributed by atoms with E-state index in [1.165, 1.54) is 0 Å². The normalized spacial score (nSPS) is 10.1. The van der Waals surface area contributed by atoms with Gasteiger partial charge in [-0.3, -0.25) is 4.79 Å². The van der Waals surface area contributed by atoms with Crippen molar-refractivity contribution >= 4 is 21.8 Å². The smallest absolute Gasteiger partial charge is 0.236 e. The molecule has 0 aliphatic heterocycles. The molecule has 0 fully saturated rings. The number of hydrogen-bond donors (Lipinski definition) is 1. The fourth-order valence-corrected chi connectivity index (χ4v) is 2.04. The summed E-state index contributed by atoms with van der Waals surface area (Å²) in [5, 5.41) is 2.99. The molecule has 1 aromatic carbocycles. The van der Waals surface area contributed by atoms with Crippen molar-refractivity contribution in [3.63, 3.8) is 0 Å². The first-order valence-electron chi connectivity index (χ1n) is 5.96. The predicted octanol–water partition coefficient (Wildman–Crippen LogP) is 2.19. The molecule has 0 saturated heterocycles. The molecule has 0 atom stereocenters. The summed E-state index contributed by atoms with van der Waals surface area (Å²) >= 11 is 3.42. The molecule has 5 heteroatoms. The fourth-order valence-electron chi connectivity index (χ4n) is 1.63. The topological polar surface area (TPSA) is 41.6 Å². The molecule has 1 aromatic rings. The first-order chi connectivity index (χ1) is 9.08. The number of rotatable bonds is 7. The third-order valence-corrected chi connectivity index (χ3v) is 3.13. The summed E-state index contributed by atoms with van der Waals surface area (Å²) in [6, 6.07) is 5.75. The Balaban J connectivity index is 2.65. The zero-order valence-corrected chi connectivity index (χ0v) is 12.9. The van der Waals surface area contributed by atoms with Gasteiger partial charge in [0.1, 0.15) is 5.75 Å². The van der Waals surface area contributed by atoms with Gasteiger partial charge in [-0.1, -0.05) is 22.0 Å². The van der Waals surface area contributed by atoms with Crippen molar-refractivity contribution < 1.29 is 9.53 Å². The Kier molecular flexibility index (Phi) is 6.59. The van der Waals surface area contributed by atoms with E-state index in [0.29, 0.717) is 19.6 Å². The second-order valence-corrected chi connectivity index (χ2v) is 5.04. The maximum Gasteiger partial charge on any atom is 0.236 e. The second kappa shape index (κ2) is 7.96.